The number of nitrogens with zero attached hydrogens (tertiary/aromatic N) is 2. The molecule has 0 fully saturated rings. The molecule has 1 aliphatic heterocycles. The van der Waals surface area contributed by atoms with Gasteiger partial charge in [-0.1, -0.05) is 30.3 Å². The summed E-state index contributed by atoms with van der Waals surface area (Å²) >= 11 is 0. The largest absolute Gasteiger partial charge is 0.403 e. The van der Waals surface area contributed by atoms with E-state index < -0.39 is 0 Å². The van der Waals surface area contributed by atoms with E-state index in [9.17, 15) is 0 Å². The molecule has 2 heterocycles. The Labute approximate surface area is 150 Å². The maximum absolute atomic E-state index is 6.03. The topological polar surface area (TPSA) is 43.3 Å². The predicted molar refractivity (Wildman–Crippen MR) is 108 cm³/mol. The molecule has 124 valence electrons. The van der Waals surface area contributed by atoms with Gasteiger partial charge in [-0.05, 0) is 74.0 Å². The zero-order valence-corrected chi connectivity index (χ0v) is 14.7. The van der Waals surface area contributed by atoms with Crippen LogP contribution in [0.3, 0.4) is 0 Å². The Bertz CT molecular complexity index is 897. The summed E-state index contributed by atoms with van der Waals surface area (Å²) in [7, 11) is 6.03. The first-order valence-corrected chi connectivity index (χ1v) is 8.47. The summed E-state index contributed by atoms with van der Waals surface area (Å²) in [6.45, 7) is 4.74. The van der Waals surface area contributed by atoms with Gasteiger partial charge in [0.2, 0.25) is 7.98 Å². The summed E-state index contributed by atoms with van der Waals surface area (Å²) in [6.07, 6.45) is 8.84. The van der Waals surface area contributed by atoms with E-state index in [1.807, 2.05) is 30.5 Å². The lowest BCUT2D eigenvalue weighted by molar-refractivity contribution is 0.997. The molecule has 1 aromatic carbocycles. The minimum Gasteiger partial charge on any atom is -0.403 e. The molecule has 2 N–H and O–H groups in total. The van der Waals surface area contributed by atoms with E-state index in [-0.39, 0.29) is 0 Å². The van der Waals surface area contributed by atoms with E-state index in [0.29, 0.717) is 6.54 Å². The number of benzene rings is 1. The number of hydrogen-bond donors (Lipinski definition) is 1. The van der Waals surface area contributed by atoms with Crippen molar-refractivity contribution in [2.75, 3.05) is 6.54 Å². The molecule has 0 saturated carbocycles. The smallest absolute Gasteiger partial charge is 0.234 e. The molecule has 0 spiro atoms. The fraction of sp³-hybridized carbons (Fsp3) is 0.190. The van der Waals surface area contributed by atoms with Crippen molar-refractivity contribution < 1.29 is 0 Å². The number of allylic oxidation sites excluding steroid dienone is 3. The summed E-state index contributed by atoms with van der Waals surface area (Å²) in [5.41, 5.74) is 13.4. The molecule has 2 radical (unpaired) electrons. The number of nitrogens with two attached hydrogens (primary N) is 1. The molecule has 3 nitrogen and oxygen atoms in total. The van der Waals surface area contributed by atoms with Crippen molar-refractivity contribution in [3.05, 3.63) is 82.8 Å². The third kappa shape index (κ3) is 3.75. The van der Waals surface area contributed by atoms with Crippen LogP contribution in [0.1, 0.15) is 30.2 Å². The second kappa shape index (κ2) is 7.54. The molecule has 0 amide bonds. The van der Waals surface area contributed by atoms with Crippen molar-refractivity contribution in [1.82, 2.24) is 4.48 Å². The van der Waals surface area contributed by atoms with Crippen molar-refractivity contribution >= 4 is 25.3 Å². The number of rotatable bonds is 5. The summed E-state index contributed by atoms with van der Waals surface area (Å²) < 4.78 is 1.63. The van der Waals surface area contributed by atoms with Crippen molar-refractivity contribution in [2.45, 2.75) is 20.3 Å². The van der Waals surface area contributed by atoms with E-state index >= 15 is 0 Å². The van der Waals surface area contributed by atoms with Crippen LogP contribution in [0, 0.1) is 6.92 Å². The lowest BCUT2D eigenvalue weighted by Gasteiger charge is -2.11. The zero-order valence-electron chi connectivity index (χ0n) is 14.7. The predicted octanol–water partition coefficient (Wildman–Crippen LogP) is 3.90. The molecular formula is C21H22BN3. The van der Waals surface area contributed by atoms with Gasteiger partial charge < -0.3 is 10.2 Å². The highest BCUT2D eigenvalue weighted by atomic mass is 14.9. The molecule has 25 heavy (non-hydrogen) atoms. The van der Waals surface area contributed by atoms with Crippen molar-refractivity contribution in [3.63, 3.8) is 0 Å². The van der Waals surface area contributed by atoms with E-state index in [0.717, 1.165) is 34.7 Å². The van der Waals surface area contributed by atoms with Gasteiger partial charge in [0, 0.05) is 11.3 Å². The van der Waals surface area contributed by atoms with Crippen LogP contribution in [-0.4, -0.2) is 24.7 Å². The minimum absolute atomic E-state index is 0.557. The van der Waals surface area contributed by atoms with Gasteiger partial charge in [0.05, 0.1) is 11.4 Å². The second-order valence-corrected chi connectivity index (χ2v) is 6.22. The highest BCUT2D eigenvalue weighted by Gasteiger charge is 2.16. The summed E-state index contributed by atoms with van der Waals surface area (Å²) in [5, 5.41) is 0. The number of hydrogen-bond acceptors (Lipinski definition) is 2. The third-order valence-corrected chi connectivity index (χ3v) is 4.37. The first-order chi connectivity index (χ1) is 12.1. The van der Waals surface area contributed by atoms with Crippen LogP contribution in [-0.2, 0) is 0 Å². The molecule has 0 saturated heterocycles. The fourth-order valence-corrected chi connectivity index (χ4v) is 3.04. The Morgan fingerprint density at radius 3 is 2.64 bits per heavy atom. The Morgan fingerprint density at radius 1 is 1.16 bits per heavy atom. The van der Waals surface area contributed by atoms with Crippen LogP contribution < -0.4 is 5.73 Å². The SMILES string of the molecule is [B]n1cccc1C(CCN)=C1N=C(C=Cc2ccccc2C)C=C1C. The Kier molecular flexibility index (Phi) is 5.20. The zero-order chi connectivity index (χ0) is 17.8. The summed E-state index contributed by atoms with van der Waals surface area (Å²) in [4.78, 5) is 4.82. The molecule has 2 aromatic rings. The average Bonchev–Trinajstić information content (AvgIpc) is 3.18. The maximum Gasteiger partial charge on any atom is 0.234 e. The summed E-state index contributed by atoms with van der Waals surface area (Å²) in [6, 6.07) is 12.2. The van der Waals surface area contributed by atoms with Gasteiger partial charge in [-0.15, -0.1) is 0 Å². The van der Waals surface area contributed by atoms with Gasteiger partial charge in [0.25, 0.3) is 0 Å². The first kappa shape index (κ1) is 17.2. The van der Waals surface area contributed by atoms with Gasteiger partial charge in [0.1, 0.15) is 0 Å². The quantitative estimate of drug-likeness (QED) is 0.832. The molecule has 0 unspecified atom stereocenters. The standard InChI is InChI=1S/C21H22BN3/c1-15-6-3-4-7-17(15)9-10-18-14-16(2)21(24-18)19(11-12-23)20-8-5-13-25(20)22/h3-10,13-14H,11-12,23H2,1-2H3. The Morgan fingerprint density at radius 2 is 1.96 bits per heavy atom. The molecule has 0 aliphatic carbocycles. The van der Waals surface area contributed by atoms with Gasteiger partial charge >= 0.3 is 0 Å². The Hall–Kier alpha value is -2.59. The molecule has 4 heteroatoms. The van der Waals surface area contributed by atoms with Crippen LogP contribution >= 0.6 is 0 Å². The maximum atomic E-state index is 6.03. The van der Waals surface area contributed by atoms with E-state index in [1.165, 1.54) is 11.1 Å². The normalized spacial score (nSPS) is 16.3. The lowest BCUT2D eigenvalue weighted by Crippen LogP contribution is -2.05. The second-order valence-electron chi connectivity index (χ2n) is 6.22. The van der Waals surface area contributed by atoms with Gasteiger partial charge in [-0.2, -0.15) is 0 Å². The van der Waals surface area contributed by atoms with E-state index in [2.05, 4.69) is 44.2 Å². The number of aromatic nitrogens is 1. The minimum atomic E-state index is 0.557. The van der Waals surface area contributed by atoms with Crippen LogP contribution in [0.4, 0.5) is 0 Å². The number of aliphatic imine (C=N–C) groups is 1. The molecule has 0 atom stereocenters. The molecule has 0 bridgehead atoms. The van der Waals surface area contributed by atoms with Gasteiger partial charge in [-0.25, -0.2) is 4.99 Å². The highest BCUT2D eigenvalue weighted by Crippen LogP contribution is 2.31. The fourth-order valence-electron chi connectivity index (χ4n) is 3.04. The van der Waals surface area contributed by atoms with Gasteiger partial charge in [0.15, 0.2) is 0 Å². The van der Waals surface area contributed by atoms with Crippen LogP contribution in [0.15, 0.2) is 71.0 Å². The van der Waals surface area contributed by atoms with Crippen LogP contribution in [0.25, 0.3) is 11.6 Å². The van der Waals surface area contributed by atoms with Gasteiger partial charge in [-0.3, -0.25) is 0 Å². The molecule has 1 aromatic heterocycles. The van der Waals surface area contributed by atoms with Crippen LogP contribution in [0.2, 0.25) is 0 Å². The first-order valence-electron chi connectivity index (χ1n) is 8.47. The lowest BCUT2D eigenvalue weighted by atomic mass is 10.0. The number of aryl methyl sites for hydroxylation is 1. The van der Waals surface area contributed by atoms with E-state index in [1.54, 1.807) is 4.48 Å². The van der Waals surface area contributed by atoms with Crippen molar-refractivity contribution in [1.29, 1.82) is 0 Å². The molecule has 3 rings (SSSR count). The third-order valence-electron chi connectivity index (χ3n) is 4.37. The molecular weight excluding hydrogens is 305 g/mol. The van der Waals surface area contributed by atoms with E-state index in [4.69, 9.17) is 18.7 Å². The van der Waals surface area contributed by atoms with Crippen molar-refractivity contribution in [2.24, 2.45) is 10.7 Å². The Balaban J connectivity index is 1.97. The van der Waals surface area contributed by atoms with Crippen LogP contribution in [0.5, 0.6) is 0 Å². The summed E-state index contributed by atoms with van der Waals surface area (Å²) in [5.74, 6) is 0. The monoisotopic (exact) mass is 327 g/mol. The highest BCUT2D eigenvalue weighted by molar-refractivity contribution is 6.11. The average molecular weight is 327 g/mol. The van der Waals surface area contributed by atoms with Crippen molar-refractivity contribution in [3.8, 4) is 0 Å². The molecule has 1 aliphatic rings.